The highest BCUT2D eigenvalue weighted by atomic mass is 16.5. The lowest BCUT2D eigenvalue weighted by molar-refractivity contribution is 0.0252. The number of nitrogens with two attached hydrogens (primary N) is 1. The molecule has 18 heavy (non-hydrogen) atoms. The topological polar surface area (TPSA) is 51.4 Å². The highest BCUT2D eigenvalue weighted by Crippen LogP contribution is 2.34. The number of rotatable bonds is 2. The number of nitrogens with zero attached hydrogens (tertiary/aromatic N) is 2. The molecule has 2 aliphatic rings. The Morgan fingerprint density at radius 2 is 2.39 bits per heavy atom. The molecule has 0 spiro atoms. The number of aromatic nitrogens is 1. The summed E-state index contributed by atoms with van der Waals surface area (Å²) in [5.41, 5.74) is 7.20. The first kappa shape index (κ1) is 11.9. The third kappa shape index (κ3) is 1.99. The standard InChI is InChI=1S/C14H21N3O/c1-10(15)11-4-3-7-16-14(11)17-8-9-18-13-6-2-5-12(13)17/h3-4,7,10,12-13H,2,5-6,8-9,15H2,1H3. The van der Waals surface area contributed by atoms with E-state index in [1.54, 1.807) is 0 Å². The Balaban J connectivity index is 1.93. The highest BCUT2D eigenvalue weighted by molar-refractivity contribution is 5.50. The van der Waals surface area contributed by atoms with E-state index in [4.69, 9.17) is 10.5 Å². The lowest BCUT2D eigenvalue weighted by atomic mass is 10.1. The molecule has 0 amide bonds. The zero-order valence-corrected chi connectivity index (χ0v) is 10.9. The Bertz CT molecular complexity index is 421. The van der Waals surface area contributed by atoms with Gasteiger partial charge >= 0.3 is 0 Å². The van der Waals surface area contributed by atoms with Crippen molar-refractivity contribution in [2.75, 3.05) is 18.1 Å². The van der Waals surface area contributed by atoms with Crippen LogP contribution in [0.25, 0.3) is 0 Å². The van der Waals surface area contributed by atoms with Crippen LogP contribution in [-0.4, -0.2) is 30.3 Å². The van der Waals surface area contributed by atoms with Gasteiger partial charge in [0.25, 0.3) is 0 Å². The summed E-state index contributed by atoms with van der Waals surface area (Å²) in [6, 6.07) is 4.57. The van der Waals surface area contributed by atoms with Crippen LogP contribution in [0.5, 0.6) is 0 Å². The molecular weight excluding hydrogens is 226 g/mol. The highest BCUT2D eigenvalue weighted by Gasteiger charge is 2.37. The van der Waals surface area contributed by atoms with Gasteiger partial charge in [0.2, 0.25) is 0 Å². The zero-order valence-electron chi connectivity index (χ0n) is 10.9. The van der Waals surface area contributed by atoms with Crippen LogP contribution in [-0.2, 0) is 4.74 Å². The number of hydrogen-bond acceptors (Lipinski definition) is 4. The molecule has 2 N–H and O–H groups in total. The molecule has 3 atom stereocenters. The van der Waals surface area contributed by atoms with Crippen molar-refractivity contribution in [2.24, 2.45) is 5.73 Å². The van der Waals surface area contributed by atoms with Gasteiger partial charge in [-0.15, -0.1) is 0 Å². The number of morpholine rings is 1. The monoisotopic (exact) mass is 247 g/mol. The van der Waals surface area contributed by atoms with E-state index in [0.29, 0.717) is 12.1 Å². The Morgan fingerprint density at radius 3 is 3.22 bits per heavy atom. The SMILES string of the molecule is CC(N)c1cccnc1N1CCOC2CCCC21. The number of pyridine rings is 1. The number of anilines is 1. The van der Waals surface area contributed by atoms with E-state index >= 15 is 0 Å². The van der Waals surface area contributed by atoms with Crippen LogP contribution in [0.1, 0.15) is 37.8 Å². The summed E-state index contributed by atoms with van der Waals surface area (Å²) in [4.78, 5) is 6.99. The molecular formula is C14H21N3O. The third-order valence-electron chi connectivity index (χ3n) is 4.06. The van der Waals surface area contributed by atoms with Gasteiger partial charge in [0.05, 0.1) is 18.8 Å². The smallest absolute Gasteiger partial charge is 0.133 e. The van der Waals surface area contributed by atoms with Gasteiger partial charge in [-0.3, -0.25) is 0 Å². The fourth-order valence-corrected chi connectivity index (χ4v) is 3.19. The Morgan fingerprint density at radius 1 is 1.50 bits per heavy atom. The van der Waals surface area contributed by atoms with E-state index in [-0.39, 0.29) is 6.04 Å². The van der Waals surface area contributed by atoms with Crippen molar-refractivity contribution >= 4 is 5.82 Å². The molecule has 3 unspecified atom stereocenters. The second kappa shape index (κ2) is 4.86. The van der Waals surface area contributed by atoms with E-state index in [1.807, 2.05) is 19.2 Å². The van der Waals surface area contributed by atoms with Crippen LogP contribution < -0.4 is 10.6 Å². The fourth-order valence-electron chi connectivity index (χ4n) is 3.19. The first-order valence-corrected chi connectivity index (χ1v) is 6.86. The van der Waals surface area contributed by atoms with Crippen molar-refractivity contribution in [1.29, 1.82) is 0 Å². The Labute approximate surface area is 108 Å². The second-order valence-corrected chi connectivity index (χ2v) is 5.31. The molecule has 1 saturated heterocycles. The predicted octanol–water partition coefficient (Wildman–Crippen LogP) is 1.86. The van der Waals surface area contributed by atoms with E-state index in [9.17, 15) is 0 Å². The van der Waals surface area contributed by atoms with Gasteiger partial charge in [0.1, 0.15) is 5.82 Å². The minimum atomic E-state index is 0.0244. The van der Waals surface area contributed by atoms with Crippen LogP contribution in [0.2, 0.25) is 0 Å². The maximum absolute atomic E-state index is 6.06. The summed E-state index contributed by atoms with van der Waals surface area (Å²) < 4.78 is 5.85. The minimum absolute atomic E-state index is 0.0244. The van der Waals surface area contributed by atoms with Crippen molar-refractivity contribution < 1.29 is 4.74 Å². The van der Waals surface area contributed by atoms with Crippen molar-refractivity contribution in [2.45, 2.75) is 44.4 Å². The molecule has 3 rings (SSSR count). The van der Waals surface area contributed by atoms with Crippen LogP contribution in [0.15, 0.2) is 18.3 Å². The third-order valence-corrected chi connectivity index (χ3v) is 4.06. The predicted molar refractivity (Wildman–Crippen MR) is 71.6 cm³/mol. The molecule has 2 fully saturated rings. The van der Waals surface area contributed by atoms with Crippen LogP contribution in [0.4, 0.5) is 5.82 Å². The van der Waals surface area contributed by atoms with Gasteiger partial charge in [-0.25, -0.2) is 4.98 Å². The van der Waals surface area contributed by atoms with Crippen molar-refractivity contribution in [1.82, 2.24) is 4.98 Å². The molecule has 1 aromatic rings. The average molecular weight is 247 g/mol. The van der Waals surface area contributed by atoms with Gasteiger partial charge in [-0.2, -0.15) is 0 Å². The maximum Gasteiger partial charge on any atom is 0.133 e. The summed E-state index contributed by atoms with van der Waals surface area (Å²) >= 11 is 0. The van der Waals surface area contributed by atoms with Gasteiger partial charge in [0.15, 0.2) is 0 Å². The summed E-state index contributed by atoms with van der Waals surface area (Å²) in [5, 5.41) is 0. The second-order valence-electron chi connectivity index (χ2n) is 5.31. The van der Waals surface area contributed by atoms with Gasteiger partial charge < -0.3 is 15.4 Å². The van der Waals surface area contributed by atoms with Gasteiger partial charge in [-0.1, -0.05) is 6.07 Å². The van der Waals surface area contributed by atoms with Gasteiger partial charge in [-0.05, 0) is 32.3 Å². The van der Waals surface area contributed by atoms with E-state index in [1.165, 1.54) is 19.3 Å². The lowest BCUT2D eigenvalue weighted by Crippen LogP contribution is -2.49. The molecule has 0 bridgehead atoms. The van der Waals surface area contributed by atoms with Crippen molar-refractivity contribution in [3.63, 3.8) is 0 Å². The number of ether oxygens (including phenoxy) is 1. The Hall–Kier alpha value is -1.13. The van der Waals surface area contributed by atoms with Crippen LogP contribution in [0, 0.1) is 0 Å². The fraction of sp³-hybridized carbons (Fsp3) is 0.643. The van der Waals surface area contributed by atoms with Crippen molar-refractivity contribution in [3.8, 4) is 0 Å². The number of hydrogen-bond donors (Lipinski definition) is 1. The molecule has 1 saturated carbocycles. The summed E-state index contributed by atoms with van der Waals surface area (Å²) in [6.07, 6.45) is 5.90. The maximum atomic E-state index is 6.06. The Kier molecular flexibility index (Phi) is 3.22. The quantitative estimate of drug-likeness (QED) is 0.866. The molecule has 1 aliphatic carbocycles. The molecule has 1 aromatic heterocycles. The largest absolute Gasteiger partial charge is 0.374 e. The molecule has 0 aromatic carbocycles. The molecule has 2 heterocycles. The molecule has 98 valence electrons. The summed E-state index contributed by atoms with van der Waals surface area (Å²) in [6.45, 7) is 3.75. The molecule has 1 aliphatic heterocycles. The van der Waals surface area contributed by atoms with Crippen molar-refractivity contribution in [3.05, 3.63) is 23.9 Å². The lowest BCUT2D eigenvalue weighted by Gasteiger charge is -2.39. The van der Waals surface area contributed by atoms with Crippen LogP contribution >= 0.6 is 0 Å². The molecule has 4 heteroatoms. The minimum Gasteiger partial charge on any atom is -0.374 e. The first-order valence-electron chi connectivity index (χ1n) is 6.86. The van der Waals surface area contributed by atoms with E-state index < -0.39 is 0 Å². The summed E-state index contributed by atoms with van der Waals surface area (Å²) in [7, 11) is 0. The van der Waals surface area contributed by atoms with Crippen LogP contribution in [0.3, 0.4) is 0 Å². The molecule has 0 radical (unpaired) electrons. The van der Waals surface area contributed by atoms with Gasteiger partial charge in [0, 0.05) is 24.3 Å². The van der Waals surface area contributed by atoms with E-state index in [0.717, 1.165) is 24.5 Å². The summed E-state index contributed by atoms with van der Waals surface area (Å²) in [5.74, 6) is 1.06. The van der Waals surface area contributed by atoms with E-state index in [2.05, 4.69) is 16.0 Å². The average Bonchev–Trinajstić information content (AvgIpc) is 2.86. The zero-order chi connectivity index (χ0) is 12.5. The number of fused-ring (bicyclic) bond motifs is 1. The first-order chi connectivity index (χ1) is 8.77. The normalized spacial score (nSPS) is 29.1. The molecule has 4 nitrogen and oxygen atoms in total.